The Morgan fingerprint density at radius 3 is 2.74 bits per heavy atom. The number of nitrogens with one attached hydrogen (secondary N) is 1. The monoisotopic (exact) mass is 476 g/mol. The lowest BCUT2D eigenvalue weighted by molar-refractivity contribution is -0.137. The molecule has 3 heterocycles. The van der Waals surface area contributed by atoms with E-state index in [0.717, 1.165) is 23.1 Å². The number of piperidine rings is 1. The number of nitrogens with zero attached hydrogens (tertiary/aromatic N) is 3. The van der Waals surface area contributed by atoms with E-state index in [0.29, 0.717) is 24.0 Å². The van der Waals surface area contributed by atoms with Gasteiger partial charge in [0.25, 0.3) is 5.56 Å². The molecule has 0 amide bonds. The molecule has 1 fully saturated rings. The minimum atomic E-state index is -4.50. The van der Waals surface area contributed by atoms with Crippen LogP contribution in [0.5, 0.6) is 0 Å². The molecule has 10 heteroatoms. The average molecular weight is 476 g/mol. The highest BCUT2D eigenvalue weighted by Gasteiger charge is 2.30. The van der Waals surface area contributed by atoms with E-state index in [1.54, 1.807) is 13.0 Å². The highest BCUT2D eigenvalue weighted by Crippen LogP contribution is 2.32. The first kappa shape index (κ1) is 25.5. The number of pyridine rings is 1. The van der Waals surface area contributed by atoms with Gasteiger partial charge in [0.1, 0.15) is 0 Å². The van der Waals surface area contributed by atoms with Crippen molar-refractivity contribution in [2.45, 2.75) is 58.5 Å². The molecule has 7 nitrogen and oxygen atoms in total. The topological polar surface area (TPSA) is 97.1 Å². The van der Waals surface area contributed by atoms with Crippen molar-refractivity contribution in [2.24, 2.45) is 0 Å². The zero-order valence-corrected chi connectivity index (χ0v) is 17.9. The fourth-order valence-electron chi connectivity index (χ4n) is 4.05. The first-order valence-corrected chi connectivity index (χ1v) is 10.6. The Labute approximate surface area is 194 Å². The zero-order valence-electron chi connectivity index (χ0n) is 17.9. The van der Waals surface area contributed by atoms with E-state index in [1.165, 1.54) is 18.5 Å². The fraction of sp³-hybridized carbons (Fsp3) is 0.417. The van der Waals surface area contributed by atoms with Crippen LogP contribution in [0.4, 0.5) is 13.2 Å². The molecule has 182 valence electrons. The first-order chi connectivity index (χ1) is 15.6. The molecule has 4 rings (SSSR count). The number of aliphatic hydroxyl groups excluding tert-OH is 1. The molecule has 0 unspecified atom stereocenters. The number of fused-ring (bicyclic) bond motifs is 1. The quantitative estimate of drug-likeness (QED) is 0.585. The second kappa shape index (κ2) is 10.0. The summed E-state index contributed by atoms with van der Waals surface area (Å²) in [6.45, 7) is 2.17. The minimum Gasteiger partial charge on any atom is -0.391 e. The predicted molar refractivity (Wildman–Crippen MR) is 122 cm³/mol. The molecule has 0 bridgehead atoms. The number of rotatable bonds is 5. The molecule has 2 atom stereocenters. The van der Waals surface area contributed by atoms with Gasteiger partial charge in [-0.05, 0) is 50.1 Å². The lowest BCUT2D eigenvalue weighted by Crippen LogP contribution is -2.46. The molecule has 1 saturated heterocycles. The summed E-state index contributed by atoms with van der Waals surface area (Å²) < 4.78 is 40.5. The third-order valence-electron chi connectivity index (χ3n) is 5.80. The number of benzene rings is 1. The number of hydrogen-bond donors (Lipinski definition) is 2. The van der Waals surface area contributed by atoms with Crippen molar-refractivity contribution in [1.29, 1.82) is 0 Å². The number of carbonyl (C=O) groups is 1. The lowest BCUT2D eigenvalue weighted by atomic mass is 9.97. The van der Waals surface area contributed by atoms with Crippen molar-refractivity contribution in [3.8, 4) is 11.3 Å². The van der Waals surface area contributed by atoms with Crippen LogP contribution in [0.15, 0.2) is 41.5 Å². The normalized spacial score (nSPS) is 18.5. The second-order valence-electron chi connectivity index (χ2n) is 8.29. The maximum absolute atomic E-state index is 13.1. The third kappa shape index (κ3) is 5.34. The van der Waals surface area contributed by atoms with Gasteiger partial charge in [-0.2, -0.15) is 13.2 Å². The maximum Gasteiger partial charge on any atom is 0.416 e. The standard InChI is InChI=1S/C23H23F3N4O3.CH4/c1-13-8-17(14-4-2-5-15(9-14)23(24,25)26)29-21-20(13)28-12-30(22(21)33)11-16(31)10-18-19(32)6-3-7-27-18;/h2,4-5,8-9,12,18-19,27,32H,3,6-7,10-11H2,1H3;1H4/t18-,19+;/m1./s1. The number of carbonyl (C=O) groups excluding carboxylic acids is 1. The largest absolute Gasteiger partial charge is 0.416 e. The van der Waals surface area contributed by atoms with Crippen LogP contribution in [0.1, 0.15) is 37.8 Å². The molecule has 1 aromatic carbocycles. The summed E-state index contributed by atoms with van der Waals surface area (Å²) in [5, 5.41) is 13.2. The van der Waals surface area contributed by atoms with E-state index >= 15 is 0 Å². The van der Waals surface area contributed by atoms with E-state index < -0.39 is 23.4 Å². The maximum atomic E-state index is 13.1. The molecule has 34 heavy (non-hydrogen) atoms. The molecule has 0 spiro atoms. The van der Waals surface area contributed by atoms with Crippen molar-refractivity contribution in [2.75, 3.05) is 6.54 Å². The Morgan fingerprint density at radius 1 is 1.26 bits per heavy atom. The molecule has 2 aromatic heterocycles. The number of alkyl halides is 3. The number of Topliss-reactive ketones (excluding diaryl/α,β-unsaturated/α-hetero) is 1. The summed E-state index contributed by atoms with van der Waals surface area (Å²) in [5.41, 5.74) is -0.0498. The number of aliphatic hydroxyl groups is 1. The number of ketones is 1. The fourth-order valence-corrected chi connectivity index (χ4v) is 4.05. The van der Waals surface area contributed by atoms with Crippen LogP contribution in [0.2, 0.25) is 0 Å². The summed E-state index contributed by atoms with van der Waals surface area (Å²) in [7, 11) is 0. The van der Waals surface area contributed by atoms with Crippen LogP contribution in [-0.2, 0) is 17.5 Å². The van der Waals surface area contributed by atoms with Crippen LogP contribution in [0.3, 0.4) is 0 Å². The Bertz CT molecular complexity index is 1260. The molecule has 3 aromatic rings. The number of hydrogen-bond acceptors (Lipinski definition) is 6. The molecular formula is C24H27F3N4O3. The Hall–Kier alpha value is -3.11. The van der Waals surface area contributed by atoms with Gasteiger partial charge in [-0.3, -0.25) is 14.2 Å². The van der Waals surface area contributed by atoms with E-state index in [9.17, 15) is 27.9 Å². The summed E-state index contributed by atoms with van der Waals surface area (Å²) in [5.74, 6) is -0.248. The Kier molecular flexibility index (Phi) is 7.52. The van der Waals surface area contributed by atoms with E-state index in [4.69, 9.17) is 0 Å². The summed E-state index contributed by atoms with van der Waals surface area (Å²) in [4.78, 5) is 34.1. The van der Waals surface area contributed by atoms with Crippen LogP contribution >= 0.6 is 0 Å². The molecular weight excluding hydrogens is 449 g/mol. The van der Waals surface area contributed by atoms with Gasteiger partial charge in [-0.15, -0.1) is 0 Å². The minimum absolute atomic E-state index is 0. The number of halogens is 3. The van der Waals surface area contributed by atoms with Crippen molar-refractivity contribution in [3.05, 3.63) is 58.1 Å². The molecule has 0 aliphatic carbocycles. The van der Waals surface area contributed by atoms with Gasteiger partial charge in [0.05, 0.1) is 35.8 Å². The summed E-state index contributed by atoms with van der Waals surface area (Å²) in [6, 6.07) is 5.94. The predicted octanol–water partition coefficient (Wildman–Crippen LogP) is 3.49. The molecule has 1 aliphatic heterocycles. The molecule has 0 saturated carbocycles. The van der Waals surface area contributed by atoms with Gasteiger partial charge in [-0.1, -0.05) is 19.6 Å². The smallest absolute Gasteiger partial charge is 0.391 e. The van der Waals surface area contributed by atoms with Gasteiger partial charge in [0, 0.05) is 18.0 Å². The van der Waals surface area contributed by atoms with Crippen molar-refractivity contribution >= 4 is 16.8 Å². The van der Waals surface area contributed by atoms with Gasteiger partial charge in [0.2, 0.25) is 0 Å². The SMILES string of the molecule is C.Cc1cc(-c2cccc(C(F)(F)F)c2)nc2c(=O)n(CC(=O)C[C@H]3NCCC[C@@H]3O)cnc12. The number of aryl methyl sites for hydroxylation is 1. The number of aromatic nitrogens is 3. The summed E-state index contributed by atoms with van der Waals surface area (Å²) >= 11 is 0. The third-order valence-corrected chi connectivity index (χ3v) is 5.80. The Balaban J connectivity index is 0.00000324. The Morgan fingerprint density at radius 2 is 2.03 bits per heavy atom. The van der Waals surface area contributed by atoms with Gasteiger partial charge < -0.3 is 10.4 Å². The average Bonchev–Trinajstić information content (AvgIpc) is 2.77. The molecule has 1 aliphatic rings. The van der Waals surface area contributed by atoms with Crippen LogP contribution < -0.4 is 10.9 Å². The lowest BCUT2D eigenvalue weighted by Gasteiger charge is -2.28. The molecule has 2 N–H and O–H groups in total. The van der Waals surface area contributed by atoms with Crippen LogP contribution in [0, 0.1) is 6.92 Å². The highest BCUT2D eigenvalue weighted by atomic mass is 19.4. The van der Waals surface area contributed by atoms with Gasteiger partial charge >= 0.3 is 6.18 Å². The second-order valence-corrected chi connectivity index (χ2v) is 8.29. The van der Waals surface area contributed by atoms with E-state index in [1.807, 2.05) is 0 Å². The van der Waals surface area contributed by atoms with Crippen molar-refractivity contribution in [1.82, 2.24) is 19.9 Å². The molecule has 0 radical (unpaired) electrons. The summed E-state index contributed by atoms with van der Waals surface area (Å²) in [6.07, 6.45) is -2.33. The highest BCUT2D eigenvalue weighted by molar-refractivity contribution is 5.82. The van der Waals surface area contributed by atoms with Gasteiger partial charge in [0.15, 0.2) is 11.3 Å². The van der Waals surface area contributed by atoms with Crippen molar-refractivity contribution in [3.63, 3.8) is 0 Å². The van der Waals surface area contributed by atoms with E-state index in [2.05, 4.69) is 15.3 Å². The van der Waals surface area contributed by atoms with Crippen molar-refractivity contribution < 1.29 is 23.1 Å². The van der Waals surface area contributed by atoms with Crippen LogP contribution in [-0.4, -0.2) is 44.1 Å². The first-order valence-electron chi connectivity index (χ1n) is 10.6. The van der Waals surface area contributed by atoms with E-state index in [-0.39, 0.29) is 49.0 Å². The van der Waals surface area contributed by atoms with Crippen LogP contribution in [0.25, 0.3) is 22.3 Å². The zero-order chi connectivity index (χ0) is 23.8. The van der Waals surface area contributed by atoms with Gasteiger partial charge in [-0.25, -0.2) is 9.97 Å².